The maximum atomic E-state index is 6.31. The molecular formula is C14H19ClS. The van der Waals surface area contributed by atoms with E-state index in [1.165, 1.54) is 17.1 Å². The van der Waals surface area contributed by atoms with Gasteiger partial charge in [0.1, 0.15) is 0 Å². The number of thioether (sulfide) groups is 1. The molecule has 2 rings (SSSR count). The Labute approximate surface area is 108 Å². The molecule has 1 heterocycles. The fourth-order valence-corrected chi connectivity index (χ4v) is 3.80. The van der Waals surface area contributed by atoms with Crippen molar-refractivity contribution < 1.29 is 0 Å². The van der Waals surface area contributed by atoms with E-state index in [-0.39, 0.29) is 0 Å². The highest BCUT2D eigenvalue weighted by molar-refractivity contribution is 7.99. The molecule has 0 saturated heterocycles. The van der Waals surface area contributed by atoms with Gasteiger partial charge in [-0.15, -0.1) is 23.4 Å². The van der Waals surface area contributed by atoms with E-state index in [1.807, 2.05) is 11.8 Å². The minimum atomic E-state index is 0.331. The van der Waals surface area contributed by atoms with Gasteiger partial charge in [0.05, 0.1) is 0 Å². The first kappa shape index (κ1) is 12.3. The van der Waals surface area contributed by atoms with E-state index in [1.54, 1.807) is 5.56 Å². The topological polar surface area (TPSA) is 0 Å². The van der Waals surface area contributed by atoms with Crippen LogP contribution in [0.5, 0.6) is 0 Å². The Balaban J connectivity index is 2.03. The van der Waals surface area contributed by atoms with E-state index in [9.17, 15) is 0 Å². The number of fused-ring (bicyclic) bond motifs is 1. The van der Waals surface area contributed by atoms with Crippen molar-refractivity contribution in [3.8, 4) is 0 Å². The van der Waals surface area contributed by atoms with Crippen LogP contribution in [0.25, 0.3) is 0 Å². The highest BCUT2D eigenvalue weighted by Crippen LogP contribution is 2.43. The fourth-order valence-electron chi connectivity index (χ4n) is 2.42. The van der Waals surface area contributed by atoms with Crippen molar-refractivity contribution in [2.24, 2.45) is 5.92 Å². The minimum absolute atomic E-state index is 0.331. The molecule has 16 heavy (non-hydrogen) atoms. The quantitative estimate of drug-likeness (QED) is 0.688. The lowest BCUT2D eigenvalue weighted by Gasteiger charge is -2.20. The van der Waals surface area contributed by atoms with Crippen LogP contribution in [0.15, 0.2) is 29.2 Å². The molecule has 1 aliphatic heterocycles. The first-order valence-electron chi connectivity index (χ1n) is 6.08. The van der Waals surface area contributed by atoms with Crippen LogP contribution < -0.4 is 0 Å². The standard InChI is InChI=1S/C14H19ClS/c1-3-13(15)10(2)8-11-9-16-14-7-5-4-6-12(11)14/h4-7,10-11,13H,3,8-9H2,1-2H3. The Kier molecular flexibility index (Phi) is 4.21. The molecule has 0 spiro atoms. The van der Waals surface area contributed by atoms with Crippen molar-refractivity contribution in [3.63, 3.8) is 0 Å². The van der Waals surface area contributed by atoms with Crippen molar-refractivity contribution >= 4 is 23.4 Å². The summed E-state index contributed by atoms with van der Waals surface area (Å²) >= 11 is 8.31. The number of rotatable bonds is 4. The average molecular weight is 255 g/mol. The van der Waals surface area contributed by atoms with Crippen LogP contribution in [0.3, 0.4) is 0 Å². The molecule has 0 N–H and O–H groups in total. The zero-order valence-electron chi connectivity index (χ0n) is 9.95. The van der Waals surface area contributed by atoms with Gasteiger partial charge in [0.15, 0.2) is 0 Å². The van der Waals surface area contributed by atoms with Gasteiger partial charge in [-0.25, -0.2) is 0 Å². The highest BCUT2D eigenvalue weighted by Gasteiger charge is 2.26. The second-order valence-electron chi connectivity index (χ2n) is 4.68. The van der Waals surface area contributed by atoms with Gasteiger partial charge < -0.3 is 0 Å². The molecule has 0 bridgehead atoms. The number of hydrogen-bond donors (Lipinski definition) is 0. The summed E-state index contributed by atoms with van der Waals surface area (Å²) in [5.41, 5.74) is 1.54. The van der Waals surface area contributed by atoms with E-state index in [2.05, 4.69) is 38.1 Å². The van der Waals surface area contributed by atoms with Gasteiger partial charge >= 0.3 is 0 Å². The third-order valence-corrected chi connectivity index (χ3v) is 5.45. The number of hydrogen-bond acceptors (Lipinski definition) is 1. The molecule has 2 heteroatoms. The van der Waals surface area contributed by atoms with Crippen molar-refractivity contribution in [1.82, 2.24) is 0 Å². The van der Waals surface area contributed by atoms with E-state index < -0.39 is 0 Å². The minimum Gasteiger partial charge on any atom is -0.125 e. The largest absolute Gasteiger partial charge is 0.125 e. The van der Waals surface area contributed by atoms with Crippen LogP contribution in [-0.4, -0.2) is 11.1 Å². The lowest BCUT2D eigenvalue weighted by molar-refractivity contribution is 0.459. The maximum Gasteiger partial charge on any atom is 0.0359 e. The van der Waals surface area contributed by atoms with Crippen molar-refractivity contribution in [2.75, 3.05) is 5.75 Å². The molecule has 0 aromatic heterocycles. The molecule has 3 unspecified atom stereocenters. The maximum absolute atomic E-state index is 6.31. The molecule has 0 saturated carbocycles. The summed E-state index contributed by atoms with van der Waals surface area (Å²) < 4.78 is 0. The predicted octanol–water partition coefficient (Wildman–Crippen LogP) is 4.92. The molecule has 0 fully saturated rings. The van der Waals surface area contributed by atoms with Gasteiger partial charge in [0.2, 0.25) is 0 Å². The molecule has 0 amide bonds. The molecule has 0 nitrogen and oxygen atoms in total. The van der Waals surface area contributed by atoms with E-state index in [0.717, 1.165) is 6.42 Å². The summed E-state index contributed by atoms with van der Waals surface area (Å²) in [6.45, 7) is 4.46. The third-order valence-electron chi connectivity index (χ3n) is 3.46. The summed E-state index contributed by atoms with van der Waals surface area (Å²) in [6.07, 6.45) is 2.30. The van der Waals surface area contributed by atoms with Gasteiger partial charge in [0.25, 0.3) is 0 Å². The second kappa shape index (κ2) is 5.46. The monoisotopic (exact) mass is 254 g/mol. The molecule has 1 aliphatic rings. The highest BCUT2D eigenvalue weighted by atomic mass is 35.5. The Hall–Kier alpha value is -0.140. The first-order chi connectivity index (χ1) is 7.72. The molecule has 1 aromatic carbocycles. The first-order valence-corrected chi connectivity index (χ1v) is 7.50. The zero-order valence-corrected chi connectivity index (χ0v) is 11.5. The molecule has 3 atom stereocenters. The van der Waals surface area contributed by atoms with Gasteiger partial charge in [-0.2, -0.15) is 0 Å². The predicted molar refractivity (Wildman–Crippen MR) is 73.6 cm³/mol. The lowest BCUT2D eigenvalue weighted by Crippen LogP contribution is -2.14. The Morgan fingerprint density at radius 3 is 2.94 bits per heavy atom. The smallest absolute Gasteiger partial charge is 0.0359 e. The summed E-state index contributed by atoms with van der Waals surface area (Å²) in [6, 6.07) is 8.80. The Bertz CT molecular complexity index is 350. The Morgan fingerprint density at radius 2 is 2.19 bits per heavy atom. The number of benzene rings is 1. The molecule has 0 aliphatic carbocycles. The van der Waals surface area contributed by atoms with Gasteiger partial charge in [-0.3, -0.25) is 0 Å². The van der Waals surface area contributed by atoms with Crippen LogP contribution in [0, 0.1) is 5.92 Å². The number of alkyl halides is 1. The van der Waals surface area contributed by atoms with Gasteiger partial charge in [-0.1, -0.05) is 32.0 Å². The summed E-state index contributed by atoms with van der Waals surface area (Å²) in [5.74, 6) is 2.56. The molecule has 88 valence electrons. The van der Waals surface area contributed by atoms with Gasteiger partial charge in [-0.05, 0) is 36.3 Å². The fraction of sp³-hybridized carbons (Fsp3) is 0.571. The zero-order chi connectivity index (χ0) is 11.5. The number of halogens is 1. The summed E-state index contributed by atoms with van der Waals surface area (Å²) in [4.78, 5) is 1.47. The molecular weight excluding hydrogens is 236 g/mol. The van der Waals surface area contributed by atoms with Crippen LogP contribution in [-0.2, 0) is 0 Å². The van der Waals surface area contributed by atoms with E-state index in [4.69, 9.17) is 11.6 Å². The molecule has 1 aromatic rings. The van der Waals surface area contributed by atoms with Crippen LogP contribution in [0.2, 0.25) is 0 Å². The molecule has 0 radical (unpaired) electrons. The normalized spacial score (nSPS) is 22.8. The lowest BCUT2D eigenvalue weighted by atomic mass is 9.89. The van der Waals surface area contributed by atoms with Crippen molar-refractivity contribution in [2.45, 2.75) is 42.9 Å². The summed E-state index contributed by atoms with van der Waals surface area (Å²) in [7, 11) is 0. The van der Waals surface area contributed by atoms with E-state index >= 15 is 0 Å². The second-order valence-corrected chi connectivity index (χ2v) is 6.31. The SMILES string of the molecule is CCC(Cl)C(C)CC1CSc2ccccc21. The van der Waals surface area contributed by atoms with Crippen LogP contribution in [0.4, 0.5) is 0 Å². The third kappa shape index (κ3) is 2.57. The summed E-state index contributed by atoms with van der Waals surface area (Å²) in [5, 5.41) is 0.331. The van der Waals surface area contributed by atoms with Gasteiger partial charge in [0, 0.05) is 16.0 Å². The Morgan fingerprint density at radius 1 is 1.44 bits per heavy atom. The average Bonchev–Trinajstić information content (AvgIpc) is 2.72. The van der Waals surface area contributed by atoms with Crippen molar-refractivity contribution in [3.05, 3.63) is 29.8 Å². The van der Waals surface area contributed by atoms with E-state index in [0.29, 0.717) is 17.2 Å². The van der Waals surface area contributed by atoms with Crippen molar-refractivity contribution in [1.29, 1.82) is 0 Å². The van der Waals surface area contributed by atoms with Crippen LogP contribution in [0.1, 0.15) is 38.2 Å². The van der Waals surface area contributed by atoms with Crippen LogP contribution >= 0.6 is 23.4 Å².